The minimum atomic E-state index is 0.347. The molecule has 1 aromatic carbocycles. The van der Waals surface area contributed by atoms with Gasteiger partial charge in [0.1, 0.15) is 5.75 Å². The number of hydrogen-bond donors (Lipinski definition) is 1. The SMILES string of the molecule is C=Cc1ccc(O)c(C)c1I. The monoisotopic (exact) mass is 260 g/mol. The van der Waals surface area contributed by atoms with Crippen LogP contribution in [0.3, 0.4) is 0 Å². The van der Waals surface area contributed by atoms with E-state index in [-0.39, 0.29) is 0 Å². The van der Waals surface area contributed by atoms with Gasteiger partial charge in [-0.1, -0.05) is 18.7 Å². The molecule has 0 atom stereocenters. The summed E-state index contributed by atoms with van der Waals surface area (Å²) in [5.74, 6) is 0.347. The predicted molar refractivity (Wildman–Crippen MR) is 55.7 cm³/mol. The summed E-state index contributed by atoms with van der Waals surface area (Å²) >= 11 is 2.20. The summed E-state index contributed by atoms with van der Waals surface area (Å²) < 4.78 is 1.07. The topological polar surface area (TPSA) is 20.2 Å². The number of phenolic OH excluding ortho intramolecular Hbond substituents is 1. The zero-order valence-corrected chi connectivity index (χ0v) is 8.42. The number of rotatable bonds is 1. The van der Waals surface area contributed by atoms with E-state index in [0.717, 1.165) is 14.7 Å². The van der Waals surface area contributed by atoms with Gasteiger partial charge in [0.25, 0.3) is 0 Å². The van der Waals surface area contributed by atoms with Crippen LogP contribution in [0, 0.1) is 10.5 Å². The van der Waals surface area contributed by atoms with Crippen molar-refractivity contribution in [1.29, 1.82) is 0 Å². The Hall–Kier alpha value is -0.510. The van der Waals surface area contributed by atoms with E-state index < -0.39 is 0 Å². The van der Waals surface area contributed by atoms with Crippen LogP contribution in [0.15, 0.2) is 18.7 Å². The van der Waals surface area contributed by atoms with E-state index in [1.54, 1.807) is 12.1 Å². The first kappa shape index (κ1) is 8.59. The van der Waals surface area contributed by atoms with Gasteiger partial charge in [-0.15, -0.1) is 0 Å². The molecule has 0 spiro atoms. The molecule has 0 unspecified atom stereocenters. The van der Waals surface area contributed by atoms with Crippen molar-refractivity contribution in [3.05, 3.63) is 33.4 Å². The molecule has 11 heavy (non-hydrogen) atoms. The molecule has 0 fully saturated rings. The highest BCUT2D eigenvalue weighted by atomic mass is 127. The van der Waals surface area contributed by atoms with Gasteiger partial charge in [-0.25, -0.2) is 0 Å². The zero-order valence-electron chi connectivity index (χ0n) is 6.26. The van der Waals surface area contributed by atoms with E-state index in [9.17, 15) is 5.11 Å². The largest absolute Gasteiger partial charge is 0.508 e. The molecule has 0 aromatic heterocycles. The number of hydrogen-bond acceptors (Lipinski definition) is 1. The van der Waals surface area contributed by atoms with Crippen molar-refractivity contribution in [3.63, 3.8) is 0 Å². The fraction of sp³-hybridized carbons (Fsp3) is 0.111. The first-order chi connectivity index (χ1) is 5.16. The van der Waals surface area contributed by atoms with Crippen molar-refractivity contribution < 1.29 is 5.11 Å². The molecule has 1 rings (SSSR count). The molecule has 0 aliphatic carbocycles. The predicted octanol–water partition coefficient (Wildman–Crippen LogP) is 2.95. The molecular weight excluding hydrogens is 251 g/mol. The summed E-state index contributed by atoms with van der Waals surface area (Å²) in [5.41, 5.74) is 1.99. The van der Waals surface area contributed by atoms with Crippen LogP contribution in [0.4, 0.5) is 0 Å². The van der Waals surface area contributed by atoms with Gasteiger partial charge in [-0.3, -0.25) is 0 Å². The Labute approximate surface area is 79.9 Å². The standard InChI is InChI=1S/C9H9IO/c1-3-7-4-5-8(11)6(2)9(7)10/h3-5,11H,1H2,2H3. The molecule has 0 bridgehead atoms. The fourth-order valence-electron chi connectivity index (χ4n) is 0.853. The normalized spacial score (nSPS) is 9.64. The summed E-state index contributed by atoms with van der Waals surface area (Å²) in [4.78, 5) is 0. The zero-order chi connectivity index (χ0) is 8.43. The van der Waals surface area contributed by atoms with Crippen molar-refractivity contribution in [1.82, 2.24) is 0 Å². The number of benzene rings is 1. The van der Waals surface area contributed by atoms with Gasteiger partial charge in [0, 0.05) is 9.13 Å². The lowest BCUT2D eigenvalue weighted by atomic mass is 10.1. The lowest BCUT2D eigenvalue weighted by Gasteiger charge is -2.03. The second kappa shape index (κ2) is 3.26. The van der Waals surface area contributed by atoms with E-state index >= 15 is 0 Å². The van der Waals surface area contributed by atoms with Crippen LogP contribution in [-0.4, -0.2) is 5.11 Å². The maximum absolute atomic E-state index is 9.28. The number of aromatic hydroxyl groups is 1. The Bertz CT molecular complexity index is 292. The summed E-state index contributed by atoms with van der Waals surface area (Å²) in [6.45, 7) is 5.57. The average molecular weight is 260 g/mol. The highest BCUT2D eigenvalue weighted by Gasteiger charge is 2.02. The maximum Gasteiger partial charge on any atom is 0.119 e. The third-order valence-electron chi connectivity index (χ3n) is 1.61. The van der Waals surface area contributed by atoms with Gasteiger partial charge in [-0.05, 0) is 41.1 Å². The van der Waals surface area contributed by atoms with Crippen LogP contribution in [0.25, 0.3) is 6.08 Å². The van der Waals surface area contributed by atoms with Crippen LogP contribution in [0.5, 0.6) is 5.75 Å². The molecule has 0 aliphatic heterocycles. The van der Waals surface area contributed by atoms with Gasteiger partial charge in [0.15, 0.2) is 0 Å². The van der Waals surface area contributed by atoms with Gasteiger partial charge in [-0.2, -0.15) is 0 Å². The molecule has 1 aromatic rings. The molecule has 1 N–H and O–H groups in total. The average Bonchev–Trinajstić information content (AvgIpc) is 2.01. The number of phenols is 1. The lowest BCUT2D eigenvalue weighted by Crippen LogP contribution is -1.85. The van der Waals surface area contributed by atoms with E-state index in [1.807, 2.05) is 13.0 Å². The van der Waals surface area contributed by atoms with E-state index in [0.29, 0.717) is 5.75 Å². The van der Waals surface area contributed by atoms with Crippen LogP contribution in [-0.2, 0) is 0 Å². The van der Waals surface area contributed by atoms with Gasteiger partial charge in [0.2, 0.25) is 0 Å². The summed E-state index contributed by atoms with van der Waals surface area (Å²) in [6, 6.07) is 3.55. The Morgan fingerprint density at radius 1 is 1.55 bits per heavy atom. The molecule has 0 radical (unpaired) electrons. The van der Waals surface area contributed by atoms with Crippen LogP contribution < -0.4 is 0 Å². The van der Waals surface area contributed by atoms with Crippen molar-refractivity contribution >= 4 is 28.7 Å². The first-order valence-electron chi connectivity index (χ1n) is 3.27. The molecule has 0 heterocycles. The van der Waals surface area contributed by atoms with Crippen molar-refractivity contribution in [2.24, 2.45) is 0 Å². The van der Waals surface area contributed by atoms with Crippen LogP contribution in [0.2, 0.25) is 0 Å². The summed E-state index contributed by atoms with van der Waals surface area (Å²) in [5, 5.41) is 9.28. The summed E-state index contributed by atoms with van der Waals surface area (Å²) in [6.07, 6.45) is 1.79. The fourth-order valence-corrected chi connectivity index (χ4v) is 1.53. The van der Waals surface area contributed by atoms with Crippen molar-refractivity contribution in [2.75, 3.05) is 0 Å². The Kier molecular flexibility index (Phi) is 2.54. The summed E-state index contributed by atoms with van der Waals surface area (Å²) in [7, 11) is 0. The van der Waals surface area contributed by atoms with Crippen LogP contribution >= 0.6 is 22.6 Å². The maximum atomic E-state index is 9.28. The van der Waals surface area contributed by atoms with E-state index in [2.05, 4.69) is 29.2 Å². The minimum Gasteiger partial charge on any atom is -0.508 e. The van der Waals surface area contributed by atoms with Crippen molar-refractivity contribution in [2.45, 2.75) is 6.92 Å². The highest BCUT2D eigenvalue weighted by Crippen LogP contribution is 2.25. The number of halogens is 1. The van der Waals surface area contributed by atoms with Crippen LogP contribution in [0.1, 0.15) is 11.1 Å². The highest BCUT2D eigenvalue weighted by molar-refractivity contribution is 14.1. The van der Waals surface area contributed by atoms with Crippen molar-refractivity contribution in [3.8, 4) is 5.75 Å². The molecule has 58 valence electrons. The molecule has 0 aliphatic rings. The molecule has 0 saturated carbocycles. The van der Waals surface area contributed by atoms with E-state index in [1.165, 1.54) is 0 Å². The third-order valence-corrected chi connectivity index (χ3v) is 3.04. The Balaban J connectivity index is 3.36. The quantitative estimate of drug-likeness (QED) is 0.769. The molecule has 0 saturated heterocycles. The third kappa shape index (κ3) is 1.56. The smallest absolute Gasteiger partial charge is 0.119 e. The van der Waals surface area contributed by atoms with E-state index in [4.69, 9.17) is 0 Å². The van der Waals surface area contributed by atoms with Gasteiger partial charge < -0.3 is 5.11 Å². The Morgan fingerprint density at radius 3 is 2.73 bits per heavy atom. The molecule has 2 heteroatoms. The first-order valence-corrected chi connectivity index (χ1v) is 4.35. The Morgan fingerprint density at radius 2 is 2.18 bits per heavy atom. The minimum absolute atomic E-state index is 0.347. The second-order valence-electron chi connectivity index (χ2n) is 2.32. The molecular formula is C9H9IO. The molecule has 0 amide bonds. The second-order valence-corrected chi connectivity index (χ2v) is 3.40. The lowest BCUT2D eigenvalue weighted by molar-refractivity contribution is 0.470. The van der Waals surface area contributed by atoms with Gasteiger partial charge in [0.05, 0.1) is 0 Å². The van der Waals surface area contributed by atoms with Gasteiger partial charge >= 0.3 is 0 Å². The molecule has 1 nitrogen and oxygen atoms in total.